The van der Waals surface area contributed by atoms with E-state index in [0.29, 0.717) is 6.54 Å². The van der Waals surface area contributed by atoms with Crippen molar-refractivity contribution in [2.45, 2.75) is 6.54 Å². The molecule has 0 saturated heterocycles. The number of hydrazone groups is 1. The molecule has 0 spiro atoms. The van der Waals surface area contributed by atoms with E-state index in [1.54, 1.807) is 29.1 Å². The maximum Gasteiger partial charge on any atom is 0.291 e. The smallest absolute Gasteiger partial charge is 0.268 e. The summed E-state index contributed by atoms with van der Waals surface area (Å²) in [7, 11) is 0. The molecular formula is C18H14BrN5O3. The van der Waals surface area contributed by atoms with Crippen molar-refractivity contribution in [2.24, 2.45) is 5.10 Å². The van der Waals surface area contributed by atoms with Crippen molar-refractivity contribution in [3.05, 3.63) is 92.2 Å². The summed E-state index contributed by atoms with van der Waals surface area (Å²) in [6.07, 6.45) is 3.20. The van der Waals surface area contributed by atoms with Crippen molar-refractivity contribution in [1.82, 2.24) is 15.2 Å². The number of halogens is 1. The summed E-state index contributed by atoms with van der Waals surface area (Å²) in [5, 5.41) is 18.8. The van der Waals surface area contributed by atoms with Gasteiger partial charge >= 0.3 is 0 Å². The molecule has 27 heavy (non-hydrogen) atoms. The Labute approximate surface area is 162 Å². The van der Waals surface area contributed by atoms with Gasteiger partial charge in [-0.05, 0) is 29.3 Å². The fourth-order valence-corrected chi connectivity index (χ4v) is 2.52. The summed E-state index contributed by atoms with van der Waals surface area (Å²) in [6, 6.07) is 15.2. The maximum absolute atomic E-state index is 12.1. The van der Waals surface area contributed by atoms with Crippen molar-refractivity contribution >= 4 is 33.7 Å². The molecule has 0 atom stereocenters. The van der Waals surface area contributed by atoms with Gasteiger partial charge in [0.1, 0.15) is 0 Å². The van der Waals surface area contributed by atoms with Gasteiger partial charge in [0.2, 0.25) is 0 Å². The Morgan fingerprint density at radius 1 is 1.19 bits per heavy atom. The third kappa shape index (κ3) is 5.08. The highest BCUT2D eigenvalue weighted by molar-refractivity contribution is 9.10. The van der Waals surface area contributed by atoms with Crippen molar-refractivity contribution in [2.75, 3.05) is 0 Å². The summed E-state index contributed by atoms with van der Waals surface area (Å²) in [4.78, 5) is 22.3. The first kappa shape index (κ1) is 18.5. The molecule has 0 aliphatic carbocycles. The largest absolute Gasteiger partial charge is 0.291 e. The summed E-state index contributed by atoms with van der Waals surface area (Å²) in [5.74, 6) is -0.425. The van der Waals surface area contributed by atoms with Crippen LogP contribution < -0.4 is 5.43 Å². The Hall–Kier alpha value is -3.33. The number of carbonyl (C=O) groups excluding carboxylic acids is 1. The lowest BCUT2D eigenvalue weighted by molar-refractivity contribution is -0.384. The Morgan fingerprint density at radius 2 is 1.89 bits per heavy atom. The second-order valence-corrected chi connectivity index (χ2v) is 6.49. The zero-order valence-electron chi connectivity index (χ0n) is 13.9. The summed E-state index contributed by atoms with van der Waals surface area (Å²) in [5.41, 5.74) is 4.37. The number of hydrogen-bond acceptors (Lipinski definition) is 5. The highest BCUT2D eigenvalue weighted by Gasteiger charge is 2.09. The lowest BCUT2D eigenvalue weighted by Crippen LogP contribution is -2.18. The number of rotatable bonds is 6. The quantitative estimate of drug-likeness (QED) is 0.370. The first-order chi connectivity index (χ1) is 13.0. The lowest BCUT2D eigenvalue weighted by atomic mass is 10.2. The highest BCUT2D eigenvalue weighted by Crippen LogP contribution is 2.13. The van der Waals surface area contributed by atoms with E-state index >= 15 is 0 Å². The molecule has 0 aliphatic rings. The predicted octanol–water partition coefficient (Wildman–Crippen LogP) is 3.37. The average Bonchev–Trinajstić information content (AvgIpc) is 3.12. The molecule has 0 bridgehead atoms. The third-order valence-corrected chi connectivity index (χ3v) is 4.14. The summed E-state index contributed by atoms with van der Waals surface area (Å²) < 4.78 is 2.54. The number of non-ortho nitro benzene ring substituents is 1. The Kier molecular flexibility index (Phi) is 5.72. The van der Waals surface area contributed by atoms with Crippen LogP contribution in [0.25, 0.3) is 0 Å². The average molecular weight is 428 g/mol. The minimum absolute atomic E-state index is 0.0305. The zero-order chi connectivity index (χ0) is 19.2. The minimum atomic E-state index is -0.449. The van der Waals surface area contributed by atoms with E-state index < -0.39 is 10.8 Å². The molecule has 2 aromatic carbocycles. The van der Waals surface area contributed by atoms with E-state index in [0.717, 1.165) is 15.6 Å². The number of benzene rings is 2. The van der Waals surface area contributed by atoms with E-state index in [4.69, 9.17) is 0 Å². The van der Waals surface area contributed by atoms with Crippen molar-refractivity contribution in [3.63, 3.8) is 0 Å². The number of nitrogens with zero attached hydrogens (tertiary/aromatic N) is 4. The van der Waals surface area contributed by atoms with Crippen LogP contribution in [0.1, 0.15) is 21.6 Å². The Bertz CT molecular complexity index is 981. The monoisotopic (exact) mass is 427 g/mol. The molecule has 1 amide bonds. The summed E-state index contributed by atoms with van der Waals surface area (Å²) >= 11 is 3.35. The normalized spacial score (nSPS) is 10.9. The van der Waals surface area contributed by atoms with Crippen LogP contribution in [0, 0.1) is 10.1 Å². The van der Waals surface area contributed by atoms with Crippen LogP contribution in [0.5, 0.6) is 0 Å². The molecule has 1 N–H and O–H groups in total. The van der Waals surface area contributed by atoms with E-state index in [9.17, 15) is 14.9 Å². The molecule has 136 valence electrons. The van der Waals surface area contributed by atoms with Crippen LogP contribution in [0.3, 0.4) is 0 Å². The molecule has 8 nitrogen and oxygen atoms in total. The molecule has 0 radical (unpaired) electrons. The molecule has 9 heteroatoms. The van der Waals surface area contributed by atoms with Crippen LogP contribution in [0.2, 0.25) is 0 Å². The first-order valence-corrected chi connectivity index (χ1v) is 8.66. The summed E-state index contributed by atoms with van der Waals surface area (Å²) in [6.45, 7) is 0.396. The van der Waals surface area contributed by atoms with Gasteiger partial charge in [-0.3, -0.25) is 19.6 Å². The van der Waals surface area contributed by atoms with Crippen LogP contribution >= 0.6 is 15.9 Å². The molecule has 0 aliphatic heterocycles. The van der Waals surface area contributed by atoms with Crippen LogP contribution in [0.4, 0.5) is 5.69 Å². The van der Waals surface area contributed by atoms with Gasteiger partial charge in [0.25, 0.3) is 11.6 Å². The Balaban J connectivity index is 1.58. The van der Waals surface area contributed by atoms with Gasteiger partial charge in [-0.1, -0.05) is 40.2 Å². The van der Waals surface area contributed by atoms with Crippen molar-refractivity contribution in [3.8, 4) is 0 Å². The molecule has 0 unspecified atom stereocenters. The molecule has 3 rings (SSSR count). The third-order valence-electron chi connectivity index (χ3n) is 3.61. The molecule has 3 aromatic rings. The number of carbonyl (C=O) groups is 1. The minimum Gasteiger partial charge on any atom is -0.268 e. The number of nitrogens with one attached hydrogen (secondary N) is 1. The van der Waals surface area contributed by atoms with Gasteiger partial charge in [-0.2, -0.15) is 10.2 Å². The van der Waals surface area contributed by atoms with Crippen molar-refractivity contribution in [1.29, 1.82) is 0 Å². The first-order valence-electron chi connectivity index (χ1n) is 7.87. The van der Waals surface area contributed by atoms with Gasteiger partial charge in [0.15, 0.2) is 5.69 Å². The fraction of sp³-hybridized carbons (Fsp3) is 0.0556. The molecule has 1 heterocycles. The predicted molar refractivity (Wildman–Crippen MR) is 104 cm³/mol. The molecule has 0 fully saturated rings. The van der Waals surface area contributed by atoms with E-state index in [2.05, 4.69) is 31.6 Å². The van der Waals surface area contributed by atoms with E-state index in [1.165, 1.54) is 18.3 Å². The SMILES string of the molecule is O=C(N/N=C\c1ccc(Br)cc1)c1ccn(Cc2ccc([N+](=O)[O-])cc2)n1. The van der Waals surface area contributed by atoms with Crippen LogP contribution in [-0.2, 0) is 6.54 Å². The van der Waals surface area contributed by atoms with Crippen LogP contribution in [-0.4, -0.2) is 26.8 Å². The maximum atomic E-state index is 12.1. The number of amides is 1. The number of nitro benzene ring substituents is 1. The standard InChI is InChI=1S/C18H14BrN5O3/c19-15-5-1-13(2-6-15)11-20-21-18(25)17-9-10-23(22-17)12-14-3-7-16(8-4-14)24(26)27/h1-11H,12H2,(H,21,25)/b20-11-. The number of nitro groups is 1. The Morgan fingerprint density at radius 3 is 2.56 bits per heavy atom. The second-order valence-electron chi connectivity index (χ2n) is 5.57. The lowest BCUT2D eigenvalue weighted by Gasteiger charge is -2.01. The van der Waals surface area contributed by atoms with Gasteiger partial charge in [0.05, 0.1) is 17.7 Å². The van der Waals surface area contributed by atoms with Gasteiger partial charge < -0.3 is 0 Å². The van der Waals surface area contributed by atoms with Crippen molar-refractivity contribution < 1.29 is 9.72 Å². The van der Waals surface area contributed by atoms with Gasteiger partial charge in [0, 0.05) is 22.8 Å². The topological polar surface area (TPSA) is 102 Å². The number of aromatic nitrogens is 2. The fourth-order valence-electron chi connectivity index (χ4n) is 2.25. The number of hydrogen-bond donors (Lipinski definition) is 1. The second kappa shape index (κ2) is 8.37. The molecular weight excluding hydrogens is 414 g/mol. The molecule has 0 saturated carbocycles. The van der Waals surface area contributed by atoms with Gasteiger partial charge in [-0.25, -0.2) is 5.43 Å². The van der Waals surface area contributed by atoms with Gasteiger partial charge in [-0.15, -0.1) is 0 Å². The van der Waals surface area contributed by atoms with Crippen LogP contribution in [0.15, 0.2) is 70.4 Å². The zero-order valence-corrected chi connectivity index (χ0v) is 15.5. The molecule has 1 aromatic heterocycles. The van der Waals surface area contributed by atoms with E-state index in [1.807, 2.05) is 24.3 Å². The van der Waals surface area contributed by atoms with E-state index in [-0.39, 0.29) is 11.4 Å². The highest BCUT2D eigenvalue weighted by atomic mass is 79.9.